The SMILES string of the molecule is CCc1cc2c(cc1C(C)NC)NCCC2(C)C. The minimum Gasteiger partial charge on any atom is -0.385 e. The largest absolute Gasteiger partial charge is 0.385 e. The van der Waals surface area contributed by atoms with Gasteiger partial charge >= 0.3 is 0 Å². The third kappa shape index (κ3) is 2.26. The summed E-state index contributed by atoms with van der Waals surface area (Å²) in [6.45, 7) is 10.3. The summed E-state index contributed by atoms with van der Waals surface area (Å²) >= 11 is 0. The van der Waals surface area contributed by atoms with E-state index >= 15 is 0 Å². The van der Waals surface area contributed by atoms with Gasteiger partial charge in [0.2, 0.25) is 0 Å². The Kier molecular flexibility index (Phi) is 3.67. The van der Waals surface area contributed by atoms with Crippen LogP contribution in [0.5, 0.6) is 0 Å². The standard InChI is InChI=1S/C16H26N2/c1-6-12-9-14-15(10-13(12)11(2)17-5)18-8-7-16(14,3)4/h9-11,17-18H,6-8H2,1-5H3. The minimum atomic E-state index is 0.298. The molecule has 1 unspecified atom stereocenters. The number of nitrogens with one attached hydrogen (secondary N) is 2. The molecule has 1 aliphatic rings. The highest BCUT2D eigenvalue weighted by Crippen LogP contribution is 2.39. The summed E-state index contributed by atoms with van der Waals surface area (Å²) < 4.78 is 0. The van der Waals surface area contributed by atoms with Gasteiger partial charge in [0, 0.05) is 18.3 Å². The molecule has 0 aliphatic carbocycles. The molecule has 0 fully saturated rings. The maximum atomic E-state index is 3.56. The number of anilines is 1. The van der Waals surface area contributed by atoms with Crippen LogP contribution in [0.15, 0.2) is 12.1 Å². The Labute approximate surface area is 111 Å². The summed E-state index contributed by atoms with van der Waals surface area (Å²) in [5.41, 5.74) is 6.03. The van der Waals surface area contributed by atoms with Gasteiger partial charge in [-0.2, -0.15) is 0 Å². The lowest BCUT2D eigenvalue weighted by Crippen LogP contribution is -2.29. The zero-order valence-corrected chi connectivity index (χ0v) is 12.4. The third-order valence-corrected chi connectivity index (χ3v) is 4.35. The van der Waals surface area contributed by atoms with Gasteiger partial charge in [-0.3, -0.25) is 0 Å². The molecule has 2 rings (SSSR count). The zero-order chi connectivity index (χ0) is 13.3. The smallest absolute Gasteiger partial charge is 0.0381 e. The monoisotopic (exact) mass is 246 g/mol. The van der Waals surface area contributed by atoms with E-state index in [1.165, 1.54) is 28.8 Å². The molecule has 0 spiro atoms. The molecule has 0 radical (unpaired) electrons. The van der Waals surface area contributed by atoms with Gasteiger partial charge in [-0.25, -0.2) is 0 Å². The van der Waals surface area contributed by atoms with Gasteiger partial charge in [0.15, 0.2) is 0 Å². The van der Waals surface area contributed by atoms with Crippen molar-refractivity contribution in [2.24, 2.45) is 0 Å². The van der Waals surface area contributed by atoms with Crippen LogP contribution in [-0.2, 0) is 11.8 Å². The van der Waals surface area contributed by atoms with E-state index in [2.05, 4.69) is 50.5 Å². The van der Waals surface area contributed by atoms with E-state index in [9.17, 15) is 0 Å². The maximum absolute atomic E-state index is 3.56. The molecule has 0 saturated heterocycles. The Bertz CT molecular complexity index is 435. The predicted molar refractivity (Wildman–Crippen MR) is 79.4 cm³/mol. The lowest BCUT2D eigenvalue weighted by atomic mass is 9.76. The minimum absolute atomic E-state index is 0.298. The van der Waals surface area contributed by atoms with Crippen molar-refractivity contribution in [3.05, 3.63) is 28.8 Å². The molecule has 1 aromatic carbocycles. The first kappa shape index (κ1) is 13.4. The van der Waals surface area contributed by atoms with Gasteiger partial charge in [0.05, 0.1) is 0 Å². The van der Waals surface area contributed by atoms with Crippen molar-refractivity contribution in [1.82, 2.24) is 5.32 Å². The Morgan fingerprint density at radius 1 is 1.39 bits per heavy atom. The predicted octanol–water partition coefficient (Wildman–Crippen LogP) is 3.62. The molecule has 0 bridgehead atoms. The summed E-state index contributed by atoms with van der Waals surface area (Å²) in [5, 5.41) is 6.92. The second kappa shape index (κ2) is 4.93. The lowest BCUT2D eigenvalue weighted by Gasteiger charge is -2.35. The van der Waals surface area contributed by atoms with Crippen LogP contribution in [0, 0.1) is 0 Å². The molecule has 1 aromatic rings. The number of hydrogen-bond donors (Lipinski definition) is 2. The molecule has 2 N–H and O–H groups in total. The van der Waals surface area contributed by atoms with E-state index in [1.807, 2.05) is 7.05 Å². The summed E-state index contributed by atoms with van der Waals surface area (Å²) in [7, 11) is 2.03. The van der Waals surface area contributed by atoms with E-state index in [0.717, 1.165) is 13.0 Å². The highest BCUT2D eigenvalue weighted by molar-refractivity contribution is 5.60. The van der Waals surface area contributed by atoms with Crippen LogP contribution in [0.4, 0.5) is 5.69 Å². The fourth-order valence-electron chi connectivity index (χ4n) is 2.88. The number of hydrogen-bond acceptors (Lipinski definition) is 2. The molecule has 100 valence electrons. The van der Waals surface area contributed by atoms with Crippen molar-refractivity contribution in [1.29, 1.82) is 0 Å². The highest BCUT2D eigenvalue weighted by Gasteiger charge is 2.28. The van der Waals surface area contributed by atoms with Crippen LogP contribution in [0.1, 0.15) is 56.8 Å². The van der Waals surface area contributed by atoms with Crippen molar-refractivity contribution < 1.29 is 0 Å². The van der Waals surface area contributed by atoms with Crippen LogP contribution >= 0.6 is 0 Å². The van der Waals surface area contributed by atoms with Crippen LogP contribution < -0.4 is 10.6 Å². The topological polar surface area (TPSA) is 24.1 Å². The third-order valence-electron chi connectivity index (χ3n) is 4.35. The number of fused-ring (bicyclic) bond motifs is 1. The average molecular weight is 246 g/mol. The molecule has 18 heavy (non-hydrogen) atoms. The molecule has 1 atom stereocenters. The zero-order valence-electron chi connectivity index (χ0n) is 12.4. The van der Waals surface area contributed by atoms with Crippen LogP contribution in [0.25, 0.3) is 0 Å². The lowest BCUT2D eigenvalue weighted by molar-refractivity contribution is 0.480. The molecular formula is C16H26N2. The van der Waals surface area contributed by atoms with Crippen LogP contribution in [0.3, 0.4) is 0 Å². The van der Waals surface area contributed by atoms with Gasteiger partial charge in [-0.15, -0.1) is 0 Å². The van der Waals surface area contributed by atoms with E-state index in [4.69, 9.17) is 0 Å². The normalized spacial score (nSPS) is 18.9. The number of rotatable bonds is 3. The van der Waals surface area contributed by atoms with Crippen molar-refractivity contribution in [3.8, 4) is 0 Å². The highest BCUT2D eigenvalue weighted by atomic mass is 14.9. The summed E-state index contributed by atoms with van der Waals surface area (Å²) in [5.74, 6) is 0. The molecule has 0 saturated carbocycles. The first-order chi connectivity index (χ1) is 8.49. The summed E-state index contributed by atoms with van der Waals surface area (Å²) in [6, 6.07) is 5.19. The molecule has 1 aliphatic heterocycles. The first-order valence-corrected chi connectivity index (χ1v) is 7.08. The maximum Gasteiger partial charge on any atom is 0.0381 e. The van der Waals surface area contributed by atoms with Crippen molar-refractivity contribution in [2.45, 2.75) is 52.0 Å². The molecule has 2 nitrogen and oxygen atoms in total. The molecule has 2 heteroatoms. The van der Waals surface area contributed by atoms with E-state index in [1.54, 1.807) is 0 Å². The second-order valence-electron chi connectivity index (χ2n) is 6.02. The van der Waals surface area contributed by atoms with Crippen molar-refractivity contribution in [3.63, 3.8) is 0 Å². The number of aryl methyl sites for hydroxylation is 1. The Balaban J connectivity index is 2.54. The van der Waals surface area contributed by atoms with E-state index < -0.39 is 0 Å². The van der Waals surface area contributed by atoms with E-state index in [0.29, 0.717) is 11.5 Å². The first-order valence-electron chi connectivity index (χ1n) is 7.08. The average Bonchev–Trinajstić information content (AvgIpc) is 2.36. The second-order valence-corrected chi connectivity index (χ2v) is 6.02. The van der Waals surface area contributed by atoms with Crippen molar-refractivity contribution >= 4 is 5.69 Å². The van der Waals surface area contributed by atoms with Gasteiger partial charge in [-0.05, 0) is 55.0 Å². The van der Waals surface area contributed by atoms with Gasteiger partial charge in [0.25, 0.3) is 0 Å². The Hall–Kier alpha value is -1.02. The fourth-order valence-corrected chi connectivity index (χ4v) is 2.88. The summed E-state index contributed by atoms with van der Waals surface area (Å²) in [6.07, 6.45) is 2.31. The number of benzene rings is 1. The van der Waals surface area contributed by atoms with Crippen LogP contribution in [0.2, 0.25) is 0 Å². The van der Waals surface area contributed by atoms with Gasteiger partial charge < -0.3 is 10.6 Å². The van der Waals surface area contributed by atoms with Crippen molar-refractivity contribution in [2.75, 3.05) is 18.9 Å². The quantitative estimate of drug-likeness (QED) is 0.851. The van der Waals surface area contributed by atoms with Crippen LogP contribution in [-0.4, -0.2) is 13.6 Å². The molecule has 1 heterocycles. The fraction of sp³-hybridized carbons (Fsp3) is 0.625. The Morgan fingerprint density at radius 3 is 2.72 bits per heavy atom. The molecule has 0 aromatic heterocycles. The van der Waals surface area contributed by atoms with E-state index in [-0.39, 0.29) is 0 Å². The molecular weight excluding hydrogens is 220 g/mol. The molecule has 0 amide bonds. The van der Waals surface area contributed by atoms with Gasteiger partial charge in [0.1, 0.15) is 0 Å². The van der Waals surface area contributed by atoms with Gasteiger partial charge in [-0.1, -0.05) is 26.8 Å². The Morgan fingerprint density at radius 2 is 2.11 bits per heavy atom. The summed E-state index contributed by atoms with van der Waals surface area (Å²) in [4.78, 5) is 0.